The average molecular weight is 229 g/mol. The summed E-state index contributed by atoms with van der Waals surface area (Å²) < 4.78 is 0. The predicted octanol–water partition coefficient (Wildman–Crippen LogP) is 4.32. The van der Waals surface area contributed by atoms with Crippen molar-refractivity contribution in [2.45, 2.75) is 13.3 Å². The number of benzene rings is 1. The van der Waals surface area contributed by atoms with Gasteiger partial charge in [0.25, 0.3) is 0 Å². The van der Waals surface area contributed by atoms with Crippen molar-refractivity contribution in [2.75, 3.05) is 0 Å². The van der Waals surface area contributed by atoms with E-state index in [4.69, 9.17) is 18.0 Å². The molecule has 2 rings (SSSR count). The van der Waals surface area contributed by atoms with E-state index in [1.165, 1.54) is 5.57 Å². The second-order valence-electron chi connectivity index (χ2n) is 4.21. The van der Waals surface area contributed by atoms with E-state index in [1.807, 2.05) is 25.1 Å². The van der Waals surface area contributed by atoms with Crippen molar-refractivity contribution in [1.82, 2.24) is 0 Å². The molecule has 0 nitrogen and oxygen atoms in total. The zero-order chi connectivity index (χ0) is 11.6. The minimum Gasteiger partial charge on any atom is -0.119 e. The highest BCUT2D eigenvalue weighted by atomic mass is 35.5. The van der Waals surface area contributed by atoms with Gasteiger partial charge in [0.15, 0.2) is 0 Å². The summed E-state index contributed by atoms with van der Waals surface area (Å²) in [4.78, 5) is 0. The maximum Gasteiger partial charge on any atom is 0.0648 e. The third-order valence-corrected chi connectivity index (χ3v) is 3.02. The van der Waals surface area contributed by atoms with E-state index in [1.54, 1.807) is 0 Å². The number of hydrogen-bond acceptors (Lipinski definition) is 0. The molecule has 1 heteroatoms. The van der Waals surface area contributed by atoms with E-state index >= 15 is 0 Å². The fraction of sp³-hybridized carbons (Fsp3) is 0.200. The topological polar surface area (TPSA) is 0 Å². The molecule has 1 unspecified atom stereocenters. The molecule has 0 bridgehead atoms. The van der Waals surface area contributed by atoms with Crippen LogP contribution in [0, 0.1) is 17.8 Å². The van der Waals surface area contributed by atoms with Gasteiger partial charge in [0.2, 0.25) is 0 Å². The van der Waals surface area contributed by atoms with Crippen molar-refractivity contribution in [3.63, 3.8) is 0 Å². The van der Waals surface area contributed by atoms with E-state index < -0.39 is 0 Å². The first kappa shape index (κ1) is 11.0. The normalized spacial score (nSPS) is 23.7. The SMILES string of the molecule is C#CC1(C)C=CCC(c2cccc(Cl)c2)=C1. The van der Waals surface area contributed by atoms with Gasteiger partial charge in [-0.15, -0.1) is 6.42 Å². The van der Waals surface area contributed by atoms with Gasteiger partial charge in [-0.05, 0) is 36.6 Å². The fourth-order valence-corrected chi connectivity index (χ4v) is 2.07. The minimum atomic E-state index is -0.268. The molecule has 0 aliphatic heterocycles. The lowest BCUT2D eigenvalue weighted by atomic mass is 9.82. The molecule has 0 saturated heterocycles. The van der Waals surface area contributed by atoms with Gasteiger partial charge in [-0.3, -0.25) is 0 Å². The number of allylic oxidation sites excluding steroid dienone is 4. The van der Waals surface area contributed by atoms with Crippen molar-refractivity contribution in [1.29, 1.82) is 0 Å². The lowest BCUT2D eigenvalue weighted by Crippen LogP contribution is -2.09. The smallest absolute Gasteiger partial charge is 0.0648 e. The molecule has 0 N–H and O–H groups in total. The Morgan fingerprint density at radius 2 is 2.25 bits per heavy atom. The summed E-state index contributed by atoms with van der Waals surface area (Å²) in [6.07, 6.45) is 12.8. The van der Waals surface area contributed by atoms with Gasteiger partial charge >= 0.3 is 0 Å². The summed E-state index contributed by atoms with van der Waals surface area (Å²) in [5, 5.41) is 0.760. The van der Waals surface area contributed by atoms with Gasteiger partial charge in [-0.2, -0.15) is 0 Å². The zero-order valence-corrected chi connectivity index (χ0v) is 9.96. The first-order valence-electron chi connectivity index (χ1n) is 5.26. The molecule has 1 aromatic carbocycles. The van der Waals surface area contributed by atoms with Gasteiger partial charge in [0, 0.05) is 5.02 Å². The van der Waals surface area contributed by atoms with Crippen LogP contribution in [0.25, 0.3) is 5.57 Å². The van der Waals surface area contributed by atoms with Crippen LogP contribution in [0.2, 0.25) is 5.02 Å². The molecule has 0 heterocycles. The van der Waals surface area contributed by atoms with Crippen LogP contribution in [0.4, 0.5) is 0 Å². The highest BCUT2D eigenvalue weighted by Crippen LogP contribution is 2.33. The van der Waals surface area contributed by atoms with E-state index in [2.05, 4.69) is 30.2 Å². The van der Waals surface area contributed by atoms with Crippen molar-refractivity contribution in [3.05, 3.63) is 53.1 Å². The first-order valence-corrected chi connectivity index (χ1v) is 5.64. The highest BCUT2D eigenvalue weighted by Gasteiger charge is 2.19. The van der Waals surface area contributed by atoms with Crippen LogP contribution in [0.15, 0.2) is 42.5 Å². The van der Waals surface area contributed by atoms with Gasteiger partial charge < -0.3 is 0 Å². The summed E-state index contributed by atoms with van der Waals surface area (Å²) in [6, 6.07) is 7.88. The van der Waals surface area contributed by atoms with Gasteiger partial charge in [-0.25, -0.2) is 0 Å². The van der Waals surface area contributed by atoms with Crippen molar-refractivity contribution in [2.24, 2.45) is 5.41 Å². The van der Waals surface area contributed by atoms with E-state index in [9.17, 15) is 0 Å². The Labute approximate surface area is 102 Å². The Hall–Kier alpha value is -1.45. The maximum absolute atomic E-state index is 5.98. The standard InChI is InChI=1S/C15H13Cl/c1-3-15(2)9-5-7-13(11-15)12-6-4-8-14(16)10-12/h1,4-6,8-11H,7H2,2H3. The highest BCUT2D eigenvalue weighted by molar-refractivity contribution is 6.30. The van der Waals surface area contributed by atoms with Gasteiger partial charge in [0.05, 0.1) is 5.41 Å². The van der Waals surface area contributed by atoms with Crippen molar-refractivity contribution in [3.8, 4) is 12.3 Å². The summed E-state index contributed by atoms with van der Waals surface area (Å²) in [5.41, 5.74) is 2.12. The molecule has 0 amide bonds. The maximum atomic E-state index is 5.98. The zero-order valence-electron chi connectivity index (χ0n) is 9.20. The molecule has 1 aliphatic carbocycles. The molecule has 0 saturated carbocycles. The third kappa shape index (κ3) is 2.21. The van der Waals surface area contributed by atoms with E-state index in [0.717, 1.165) is 17.0 Å². The number of terminal acetylenes is 1. The molecule has 0 aromatic heterocycles. The Balaban J connectivity index is 2.40. The van der Waals surface area contributed by atoms with Crippen LogP contribution in [-0.4, -0.2) is 0 Å². The number of rotatable bonds is 1. The lowest BCUT2D eigenvalue weighted by molar-refractivity contribution is 0.739. The van der Waals surface area contributed by atoms with Crippen LogP contribution in [0.1, 0.15) is 18.9 Å². The average Bonchev–Trinajstić information content (AvgIpc) is 2.29. The number of hydrogen-bond donors (Lipinski definition) is 0. The van der Waals surface area contributed by atoms with E-state index in [-0.39, 0.29) is 5.41 Å². The molecular weight excluding hydrogens is 216 g/mol. The van der Waals surface area contributed by atoms with Gasteiger partial charge in [-0.1, -0.05) is 47.9 Å². The Kier molecular flexibility index (Phi) is 2.90. The molecular formula is C15H13Cl. The monoisotopic (exact) mass is 228 g/mol. The molecule has 0 radical (unpaired) electrons. The molecule has 0 fully saturated rings. The van der Waals surface area contributed by atoms with Crippen LogP contribution in [0.5, 0.6) is 0 Å². The van der Waals surface area contributed by atoms with Crippen LogP contribution < -0.4 is 0 Å². The summed E-state index contributed by atoms with van der Waals surface area (Å²) in [5.74, 6) is 2.80. The molecule has 80 valence electrons. The molecule has 0 spiro atoms. The lowest BCUT2D eigenvalue weighted by Gasteiger charge is -2.21. The first-order chi connectivity index (χ1) is 7.63. The summed E-state index contributed by atoms with van der Waals surface area (Å²) in [7, 11) is 0. The summed E-state index contributed by atoms with van der Waals surface area (Å²) in [6.45, 7) is 2.03. The van der Waals surface area contributed by atoms with Crippen molar-refractivity contribution < 1.29 is 0 Å². The summed E-state index contributed by atoms with van der Waals surface area (Å²) >= 11 is 5.98. The Bertz CT molecular complexity index is 502. The van der Waals surface area contributed by atoms with Crippen molar-refractivity contribution >= 4 is 17.2 Å². The second kappa shape index (κ2) is 4.20. The van der Waals surface area contributed by atoms with E-state index in [0.29, 0.717) is 0 Å². The second-order valence-corrected chi connectivity index (χ2v) is 4.65. The Morgan fingerprint density at radius 3 is 2.94 bits per heavy atom. The van der Waals surface area contributed by atoms with Crippen LogP contribution in [0.3, 0.4) is 0 Å². The number of halogens is 1. The molecule has 1 aromatic rings. The molecule has 1 aliphatic rings. The third-order valence-electron chi connectivity index (χ3n) is 2.78. The molecule has 1 atom stereocenters. The minimum absolute atomic E-state index is 0.268. The van der Waals surface area contributed by atoms with Gasteiger partial charge in [0.1, 0.15) is 0 Å². The predicted molar refractivity (Wildman–Crippen MR) is 70.1 cm³/mol. The van der Waals surface area contributed by atoms with Crippen LogP contribution in [-0.2, 0) is 0 Å². The molecule has 16 heavy (non-hydrogen) atoms. The van der Waals surface area contributed by atoms with Crippen LogP contribution >= 0.6 is 11.6 Å². The largest absolute Gasteiger partial charge is 0.119 e. The quantitative estimate of drug-likeness (QED) is 0.496. The Morgan fingerprint density at radius 1 is 1.44 bits per heavy atom. The fourth-order valence-electron chi connectivity index (χ4n) is 1.88.